The second kappa shape index (κ2) is 8.95. The average molecular weight is 506 g/mol. The van der Waals surface area contributed by atoms with E-state index >= 15 is 0 Å². The first kappa shape index (κ1) is 23.3. The summed E-state index contributed by atoms with van der Waals surface area (Å²) in [6.07, 6.45) is -0.195. The minimum atomic E-state index is -3.59. The fourth-order valence-electron chi connectivity index (χ4n) is 3.73. The van der Waals surface area contributed by atoms with Gasteiger partial charge >= 0.3 is 0 Å². The van der Waals surface area contributed by atoms with E-state index in [0.717, 1.165) is 38.0 Å². The number of amides is 1. The van der Waals surface area contributed by atoms with E-state index in [-0.39, 0.29) is 34.6 Å². The van der Waals surface area contributed by atoms with E-state index < -0.39 is 22.3 Å². The Bertz CT molecular complexity index is 1390. The summed E-state index contributed by atoms with van der Waals surface area (Å²) in [4.78, 5) is 25.1. The van der Waals surface area contributed by atoms with Gasteiger partial charge in [0.1, 0.15) is 11.3 Å². The predicted molar refractivity (Wildman–Crippen MR) is 130 cm³/mol. The molecule has 1 saturated heterocycles. The van der Waals surface area contributed by atoms with Crippen molar-refractivity contribution in [2.45, 2.75) is 32.6 Å². The summed E-state index contributed by atoms with van der Waals surface area (Å²) < 4.78 is 54.0. The highest BCUT2D eigenvalue weighted by Crippen LogP contribution is 2.36. The van der Waals surface area contributed by atoms with Crippen LogP contribution in [0.2, 0.25) is 0 Å². The van der Waals surface area contributed by atoms with Gasteiger partial charge in [-0.2, -0.15) is 0 Å². The Morgan fingerprint density at radius 3 is 2.57 bits per heavy atom. The number of rotatable bonds is 9. The van der Waals surface area contributed by atoms with Crippen LogP contribution in [0.15, 0.2) is 24.3 Å². The fraction of sp³-hybridized carbons (Fsp3) is 0.409. The molecule has 5 rings (SSSR count). The van der Waals surface area contributed by atoms with Crippen LogP contribution in [0, 0.1) is 5.92 Å². The molecule has 3 aromatic rings. The van der Waals surface area contributed by atoms with Crippen molar-refractivity contribution in [1.82, 2.24) is 15.0 Å². The molecule has 0 atom stereocenters. The summed E-state index contributed by atoms with van der Waals surface area (Å²) in [6.45, 7) is 3.30. The summed E-state index contributed by atoms with van der Waals surface area (Å²) in [5.41, 5.74) is 2.12. The van der Waals surface area contributed by atoms with Gasteiger partial charge < -0.3 is 20.5 Å². The van der Waals surface area contributed by atoms with Gasteiger partial charge in [-0.3, -0.25) is 9.52 Å². The van der Waals surface area contributed by atoms with E-state index in [1.165, 1.54) is 13.0 Å². The number of hydrogen-bond acceptors (Lipinski definition) is 7. The fourth-order valence-corrected chi connectivity index (χ4v) is 4.38. The maximum Gasteiger partial charge on any atom is 0.295 e. The SMILES string of the molecule is CCS(=O)(=O)Nc1cc(N2CCC2)ccc1Nc1cc(NC(=O)C2CC2)nc2nc(C(F)F)[nH]c12. The first-order valence-corrected chi connectivity index (χ1v) is 13.0. The summed E-state index contributed by atoms with van der Waals surface area (Å²) >= 11 is 0. The third-order valence-electron chi connectivity index (χ3n) is 6.03. The van der Waals surface area contributed by atoms with Crippen molar-refractivity contribution in [3.63, 3.8) is 0 Å². The van der Waals surface area contributed by atoms with E-state index in [1.54, 1.807) is 12.1 Å². The van der Waals surface area contributed by atoms with E-state index in [0.29, 0.717) is 17.1 Å². The molecule has 0 spiro atoms. The van der Waals surface area contributed by atoms with Crippen molar-refractivity contribution in [3.05, 3.63) is 30.1 Å². The number of hydrogen-bond donors (Lipinski definition) is 4. The molecule has 3 heterocycles. The Hall–Kier alpha value is -3.48. The number of aromatic amines is 1. The van der Waals surface area contributed by atoms with E-state index in [9.17, 15) is 22.0 Å². The van der Waals surface area contributed by atoms with Gasteiger partial charge in [-0.25, -0.2) is 27.2 Å². The number of carbonyl (C=O) groups is 1. The van der Waals surface area contributed by atoms with Gasteiger partial charge in [0, 0.05) is 30.8 Å². The Morgan fingerprint density at radius 2 is 1.94 bits per heavy atom. The highest BCUT2D eigenvalue weighted by molar-refractivity contribution is 7.92. The van der Waals surface area contributed by atoms with Gasteiger partial charge in [0.25, 0.3) is 6.43 Å². The number of imidazole rings is 1. The minimum Gasteiger partial charge on any atom is -0.371 e. The van der Waals surface area contributed by atoms with Crippen molar-refractivity contribution in [1.29, 1.82) is 0 Å². The zero-order valence-corrected chi connectivity index (χ0v) is 19.8. The molecule has 2 aromatic heterocycles. The quantitative estimate of drug-likeness (QED) is 0.346. The van der Waals surface area contributed by atoms with Crippen LogP contribution in [0.25, 0.3) is 11.2 Å². The number of sulfonamides is 1. The maximum absolute atomic E-state index is 13.3. The van der Waals surface area contributed by atoms with Crippen molar-refractivity contribution in [3.8, 4) is 0 Å². The molecular weight excluding hydrogens is 480 g/mol. The number of alkyl halides is 2. The largest absolute Gasteiger partial charge is 0.371 e. The van der Waals surface area contributed by atoms with Crippen LogP contribution < -0.4 is 20.3 Å². The van der Waals surface area contributed by atoms with E-state index in [1.807, 2.05) is 6.07 Å². The molecule has 2 aliphatic rings. The van der Waals surface area contributed by atoms with E-state index in [4.69, 9.17) is 0 Å². The molecule has 2 fully saturated rings. The molecule has 1 aliphatic heterocycles. The van der Waals surface area contributed by atoms with E-state index in [2.05, 4.69) is 35.2 Å². The van der Waals surface area contributed by atoms with Crippen LogP contribution >= 0.6 is 0 Å². The normalized spacial score (nSPS) is 15.8. The van der Waals surface area contributed by atoms with Gasteiger partial charge in [0.05, 0.1) is 22.8 Å². The first-order valence-electron chi connectivity index (χ1n) is 11.4. The number of anilines is 5. The molecule has 0 bridgehead atoms. The predicted octanol–water partition coefficient (Wildman–Crippen LogP) is 3.96. The minimum absolute atomic E-state index is 0.00397. The standard InChI is InChI=1S/C22H25F2N7O3S/c1-2-35(33,34)30-15-10-13(31-8-3-9-31)6-7-14(15)25-16-11-17(27-22(32)12-4-5-12)26-20-18(16)28-21(29-20)19(23)24/h6-7,10-12,19,30H,2-5,8-9H2,1H3,(H3,25,26,27,28,29,32). The van der Waals surface area contributed by atoms with Crippen molar-refractivity contribution < 1.29 is 22.0 Å². The van der Waals surface area contributed by atoms with Crippen LogP contribution in [-0.4, -0.2) is 48.1 Å². The molecule has 13 heteroatoms. The third kappa shape index (κ3) is 4.99. The molecule has 1 aliphatic carbocycles. The molecule has 0 unspecified atom stereocenters. The van der Waals surface area contributed by atoms with Gasteiger partial charge in [0.15, 0.2) is 11.5 Å². The lowest BCUT2D eigenvalue weighted by molar-refractivity contribution is -0.117. The molecule has 1 saturated carbocycles. The van der Waals surface area contributed by atoms with Gasteiger partial charge in [0.2, 0.25) is 15.9 Å². The number of nitrogens with zero attached hydrogens (tertiary/aromatic N) is 3. The molecule has 35 heavy (non-hydrogen) atoms. The van der Waals surface area contributed by atoms with Gasteiger partial charge in [-0.05, 0) is 44.4 Å². The Labute approximate surface area is 200 Å². The lowest BCUT2D eigenvalue weighted by Crippen LogP contribution is -2.37. The number of benzene rings is 1. The number of aromatic nitrogens is 3. The zero-order valence-electron chi connectivity index (χ0n) is 18.9. The monoisotopic (exact) mass is 505 g/mol. The van der Waals surface area contributed by atoms with Crippen molar-refractivity contribution in [2.24, 2.45) is 5.92 Å². The smallest absolute Gasteiger partial charge is 0.295 e. The molecule has 10 nitrogen and oxygen atoms in total. The number of carbonyl (C=O) groups excluding carboxylic acids is 1. The Balaban J connectivity index is 1.55. The van der Waals surface area contributed by atoms with Crippen LogP contribution in [0.1, 0.15) is 38.4 Å². The average Bonchev–Trinajstić information content (AvgIpc) is 3.53. The second-order valence-corrected chi connectivity index (χ2v) is 10.7. The summed E-state index contributed by atoms with van der Waals surface area (Å²) in [6, 6.07) is 6.83. The first-order chi connectivity index (χ1) is 16.7. The highest BCUT2D eigenvalue weighted by Gasteiger charge is 2.30. The molecule has 186 valence electrons. The number of halogens is 2. The van der Waals surface area contributed by atoms with Gasteiger partial charge in [-0.15, -0.1) is 0 Å². The zero-order chi connectivity index (χ0) is 24.7. The van der Waals surface area contributed by atoms with Crippen molar-refractivity contribution >= 4 is 55.7 Å². The second-order valence-electron chi connectivity index (χ2n) is 8.64. The molecular formula is C22H25F2N7O3S. The van der Waals surface area contributed by atoms with Crippen LogP contribution in [0.4, 0.5) is 37.3 Å². The molecule has 1 aromatic carbocycles. The van der Waals surface area contributed by atoms with Crippen LogP contribution in [0.5, 0.6) is 0 Å². The molecule has 0 radical (unpaired) electrons. The number of fused-ring (bicyclic) bond motifs is 1. The number of H-pyrrole nitrogens is 1. The lowest BCUT2D eigenvalue weighted by Gasteiger charge is -2.33. The Kier molecular flexibility index (Phi) is 5.95. The Morgan fingerprint density at radius 1 is 1.17 bits per heavy atom. The van der Waals surface area contributed by atoms with Crippen molar-refractivity contribution in [2.75, 3.05) is 39.1 Å². The molecule has 4 N–H and O–H groups in total. The third-order valence-corrected chi connectivity index (χ3v) is 7.32. The lowest BCUT2D eigenvalue weighted by atomic mass is 10.1. The topological polar surface area (TPSA) is 132 Å². The van der Waals surface area contributed by atoms with Crippen LogP contribution in [-0.2, 0) is 14.8 Å². The van der Waals surface area contributed by atoms with Crippen LogP contribution in [0.3, 0.4) is 0 Å². The highest BCUT2D eigenvalue weighted by atomic mass is 32.2. The van der Waals surface area contributed by atoms with Gasteiger partial charge in [-0.1, -0.05) is 0 Å². The summed E-state index contributed by atoms with van der Waals surface area (Å²) in [7, 11) is -3.59. The summed E-state index contributed by atoms with van der Waals surface area (Å²) in [5.74, 6) is -0.778. The summed E-state index contributed by atoms with van der Waals surface area (Å²) in [5, 5.41) is 5.83. The maximum atomic E-state index is 13.3. The number of pyridine rings is 1. The number of nitrogens with one attached hydrogen (secondary N) is 4. The molecule has 1 amide bonds.